The van der Waals surface area contributed by atoms with Crippen LogP contribution in [0.5, 0.6) is 0 Å². The van der Waals surface area contributed by atoms with Crippen LogP contribution in [0.15, 0.2) is 0 Å². The van der Waals surface area contributed by atoms with Crippen LogP contribution in [0.2, 0.25) is 0 Å². The zero-order valence-electron chi connectivity index (χ0n) is 32.2. The van der Waals surface area contributed by atoms with E-state index < -0.39 is 0 Å². The highest BCUT2D eigenvalue weighted by molar-refractivity contribution is 5.42. The van der Waals surface area contributed by atoms with Gasteiger partial charge in [0.2, 0.25) is 17.8 Å². The molecule has 2 saturated heterocycles. The molecule has 11 heteroatoms. The van der Waals surface area contributed by atoms with E-state index in [-0.39, 0.29) is 22.2 Å². The monoisotopic (exact) mass is 674 g/mol. The Morgan fingerprint density at radius 2 is 0.854 bits per heavy atom. The Morgan fingerprint density at radius 1 is 0.500 bits per heavy atom. The summed E-state index contributed by atoms with van der Waals surface area (Å²) in [5.74, 6) is 3.49. The van der Waals surface area contributed by atoms with E-state index in [0.29, 0.717) is 17.8 Å². The average molecular weight is 674 g/mol. The maximum absolute atomic E-state index is 5.56. The predicted octanol–water partition coefficient (Wildman–Crippen LogP) is 5.48. The zero-order chi connectivity index (χ0) is 35.1. The summed E-state index contributed by atoms with van der Waals surface area (Å²) in [6.45, 7) is 25.9. The number of piperidine rings is 2. The number of aromatic nitrogens is 3. The molecule has 0 aliphatic carbocycles. The molecule has 3 heterocycles. The summed E-state index contributed by atoms with van der Waals surface area (Å²) in [4.78, 5) is 14.2. The van der Waals surface area contributed by atoms with Gasteiger partial charge in [-0.3, -0.25) is 0 Å². The van der Waals surface area contributed by atoms with Gasteiger partial charge in [0, 0.05) is 54.9 Å². The van der Waals surface area contributed by atoms with Crippen LogP contribution in [0.25, 0.3) is 0 Å². The quantitative estimate of drug-likeness (QED) is 0.0699. The highest BCUT2D eigenvalue weighted by Crippen LogP contribution is 2.36. The van der Waals surface area contributed by atoms with E-state index >= 15 is 0 Å². The summed E-state index contributed by atoms with van der Waals surface area (Å²) in [6, 6.07) is 0. The minimum absolute atomic E-state index is 0.210. The Labute approximate surface area is 294 Å². The molecule has 0 amide bonds. The second-order valence-corrected chi connectivity index (χ2v) is 17.4. The van der Waals surface area contributed by atoms with Crippen molar-refractivity contribution < 1.29 is 0 Å². The van der Waals surface area contributed by atoms with Crippen molar-refractivity contribution in [2.45, 2.75) is 155 Å². The molecule has 0 radical (unpaired) electrons. The molecule has 2 aliphatic heterocycles. The molecule has 278 valence electrons. The van der Waals surface area contributed by atoms with Gasteiger partial charge in [-0.1, -0.05) is 25.7 Å². The third-order valence-corrected chi connectivity index (χ3v) is 9.68. The summed E-state index contributed by atoms with van der Waals surface area (Å²) in [6.07, 6.45) is 14.2. The van der Waals surface area contributed by atoms with Crippen molar-refractivity contribution in [3.8, 4) is 0 Å². The summed E-state index contributed by atoms with van der Waals surface area (Å²) < 4.78 is 0. The van der Waals surface area contributed by atoms with Crippen LogP contribution in [-0.4, -0.2) is 89.5 Å². The molecule has 9 N–H and O–H groups in total. The lowest BCUT2D eigenvalue weighted by atomic mass is 9.74. The second-order valence-electron chi connectivity index (χ2n) is 17.4. The highest BCUT2D eigenvalue weighted by Gasteiger charge is 2.38. The van der Waals surface area contributed by atoms with Gasteiger partial charge in [-0.25, -0.2) is 0 Å². The smallest absolute Gasteiger partial charge is 0.229 e. The first-order valence-electron chi connectivity index (χ1n) is 19.3. The number of rotatable bonds is 23. The molecule has 1 aromatic rings. The molecule has 0 aromatic carbocycles. The standard InChI is InChI=1S/C37H75N11/c1-34(2)25-29(26-35(3,4)47-34)15-9-11-20-41-31-44-32(42-21-12-10-16-30-27-36(5,6)48-37(7,8)28-30)46-33(45-31)43-22-14-19-40-24-23-39-18-13-17-38/h29-30,39-40,47-48H,9-28,38H2,1-8H3,(H3,41,42,43,44,45,46). The fourth-order valence-corrected chi connectivity index (χ4v) is 8.67. The SMILES string of the molecule is CC1(C)CC(CCCCNc2nc(NCCCCC3CC(C)(C)NC(C)(C)C3)nc(NCCCNCCNCCCN)n2)CC(C)(C)N1. The first-order valence-corrected chi connectivity index (χ1v) is 19.3. The van der Waals surface area contributed by atoms with Crippen LogP contribution in [-0.2, 0) is 0 Å². The van der Waals surface area contributed by atoms with E-state index in [4.69, 9.17) is 20.7 Å². The Kier molecular flexibility index (Phi) is 16.6. The van der Waals surface area contributed by atoms with Gasteiger partial charge in [-0.15, -0.1) is 0 Å². The van der Waals surface area contributed by atoms with Crippen molar-refractivity contribution >= 4 is 17.8 Å². The fourth-order valence-electron chi connectivity index (χ4n) is 8.67. The molecule has 3 rings (SSSR count). The average Bonchev–Trinajstić information content (AvgIpc) is 2.94. The lowest BCUT2D eigenvalue weighted by Crippen LogP contribution is -2.57. The van der Waals surface area contributed by atoms with E-state index in [1.807, 2.05) is 0 Å². The topological polar surface area (TPSA) is 149 Å². The van der Waals surface area contributed by atoms with Crippen LogP contribution in [0.3, 0.4) is 0 Å². The number of nitrogens with two attached hydrogens (primary N) is 1. The Balaban J connectivity index is 1.44. The largest absolute Gasteiger partial charge is 0.354 e. The van der Waals surface area contributed by atoms with Crippen molar-refractivity contribution in [1.82, 2.24) is 36.2 Å². The minimum Gasteiger partial charge on any atom is -0.354 e. The second kappa shape index (κ2) is 19.6. The lowest BCUT2D eigenvalue weighted by Gasteiger charge is -2.46. The predicted molar refractivity (Wildman–Crippen MR) is 205 cm³/mol. The molecule has 1 aromatic heterocycles. The van der Waals surface area contributed by atoms with Gasteiger partial charge in [0.15, 0.2) is 0 Å². The van der Waals surface area contributed by atoms with E-state index in [0.717, 1.165) is 89.9 Å². The molecular weight excluding hydrogens is 598 g/mol. The number of anilines is 3. The van der Waals surface area contributed by atoms with Gasteiger partial charge in [0.1, 0.15) is 0 Å². The summed E-state index contributed by atoms with van der Waals surface area (Å²) >= 11 is 0. The number of hydrogen-bond acceptors (Lipinski definition) is 11. The number of hydrogen-bond donors (Lipinski definition) is 8. The van der Waals surface area contributed by atoms with Crippen molar-refractivity contribution in [1.29, 1.82) is 0 Å². The summed E-state index contributed by atoms with van der Waals surface area (Å²) in [5.41, 5.74) is 6.39. The van der Waals surface area contributed by atoms with E-state index in [1.54, 1.807) is 0 Å². The van der Waals surface area contributed by atoms with Gasteiger partial charge >= 0.3 is 0 Å². The number of nitrogens with zero attached hydrogens (tertiary/aromatic N) is 3. The molecule has 0 spiro atoms. The van der Waals surface area contributed by atoms with Crippen molar-refractivity contribution in [2.75, 3.05) is 68.3 Å². The molecular formula is C37H75N11. The lowest BCUT2D eigenvalue weighted by molar-refractivity contribution is 0.121. The molecule has 48 heavy (non-hydrogen) atoms. The van der Waals surface area contributed by atoms with Gasteiger partial charge in [-0.05, 0) is 138 Å². The molecule has 2 aliphatic rings. The van der Waals surface area contributed by atoms with Crippen molar-refractivity contribution in [3.63, 3.8) is 0 Å². The van der Waals surface area contributed by atoms with E-state index in [9.17, 15) is 0 Å². The molecule has 0 unspecified atom stereocenters. The van der Waals surface area contributed by atoms with Gasteiger partial charge in [0.05, 0.1) is 0 Å². The van der Waals surface area contributed by atoms with Crippen LogP contribution < -0.4 is 43.0 Å². The first-order chi connectivity index (χ1) is 22.7. The van der Waals surface area contributed by atoms with Crippen LogP contribution in [0, 0.1) is 11.8 Å². The highest BCUT2D eigenvalue weighted by atomic mass is 15.3. The van der Waals surface area contributed by atoms with Crippen LogP contribution in [0.1, 0.15) is 132 Å². The number of unbranched alkanes of at least 4 members (excludes halogenated alkanes) is 2. The summed E-state index contributed by atoms with van der Waals surface area (Å²) in [5, 5.41) is 25.0. The Bertz CT molecular complexity index is 944. The van der Waals surface area contributed by atoms with E-state index in [2.05, 4.69) is 92.6 Å². The van der Waals surface area contributed by atoms with E-state index in [1.165, 1.54) is 51.4 Å². The maximum Gasteiger partial charge on any atom is 0.229 e. The van der Waals surface area contributed by atoms with Crippen LogP contribution >= 0.6 is 0 Å². The molecule has 0 bridgehead atoms. The number of nitrogens with one attached hydrogen (secondary N) is 7. The molecule has 2 fully saturated rings. The Morgan fingerprint density at radius 3 is 1.23 bits per heavy atom. The maximum atomic E-state index is 5.56. The minimum atomic E-state index is 0.210. The van der Waals surface area contributed by atoms with Crippen molar-refractivity contribution in [2.24, 2.45) is 17.6 Å². The normalized spacial score (nSPS) is 20.4. The third-order valence-electron chi connectivity index (χ3n) is 9.68. The molecule has 11 nitrogen and oxygen atoms in total. The Hall–Kier alpha value is -1.79. The fraction of sp³-hybridized carbons (Fsp3) is 0.919. The third kappa shape index (κ3) is 16.7. The summed E-state index contributed by atoms with van der Waals surface area (Å²) in [7, 11) is 0. The van der Waals surface area contributed by atoms with Crippen molar-refractivity contribution in [3.05, 3.63) is 0 Å². The first kappa shape index (κ1) is 40.6. The zero-order valence-corrected chi connectivity index (χ0v) is 32.2. The van der Waals surface area contributed by atoms with Gasteiger partial charge in [-0.2, -0.15) is 15.0 Å². The van der Waals surface area contributed by atoms with Gasteiger partial charge in [0.25, 0.3) is 0 Å². The van der Waals surface area contributed by atoms with Gasteiger partial charge < -0.3 is 43.0 Å². The molecule has 0 saturated carbocycles. The van der Waals surface area contributed by atoms with Crippen LogP contribution in [0.4, 0.5) is 17.8 Å². The molecule has 0 atom stereocenters.